The number of hydrogen-bond acceptors (Lipinski definition) is 3. The van der Waals surface area contributed by atoms with E-state index in [1.165, 1.54) is 11.6 Å². The largest absolute Gasteiger partial charge is 0.314 e. The summed E-state index contributed by atoms with van der Waals surface area (Å²) < 4.78 is 13.5. The van der Waals surface area contributed by atoms with Crippen molar-refractivity contribution >= 4 is 0 Å². The van der Waals surface area contributed by atoms with E-state index in [0.29, 0.717) is 18.0 Å². The molecule has 1 unspecified atom stereocenters. The molecule has 3 atom stereocenters. The van der Waals surface area contributed by atoms with Gasteiger partial charge >= 0.3 is 0 Å². The van der Waals surface area contributed by atoms with Crippen LogP contribution in [0, 0.1) is 5.82 Å². The topological polar surface area (TPSA) is 28.2 Å². The Morgan fingerprint density at radius 1 is 0.926 bits per heavy atom. The smallest absolute Gasteiger partial charge is 0.123 e. The summed E-state index contributed by atoms with van der Waals surface area (Å²) in [6.45, 7) is 2.94. The maximum Gasteiger partial charge on any atom is 0.123 e. The Morgan fingerprint density at radius 3 is 2.44 bits per heavy atom. The van der Waals surface area contributed by atoms with E-state index >= 15 is 0 Å². The molecule has 3 nitrogen and oxygen atoms in total. The third kappa shape index (κ3) is 3.05. The molecule has 2 saturated heterocycles. The SMILES string of the molecule is Fc1cccc(-c2ccc(C3[C@H]4CNC[C@@H]3N4Cc3ccccn3)cc2)c1. The van der Waals surface area contributed by atoms with Gasteiger partial charge in [-0.25, -0.2) is 4.39 Å². The highest BCUT2D eigenvalue weighted by Crippen LogP contribution is 2.43. The molecule has 27 heavy (non-hydrogen) atoms. The lowest BCUT2D eigenvalue weighted by molar-refractivity contribution is -0.0491. The van der Waals surface area contributed by atoms with Crippen molar-refractivity contribution in [2.75, 3.05) is 13.1 Å². The van der Waals surface area contributed by atoms with Gasteiger partial charge in [-0.1, -0.05) is 42.5 Å². The van der Waals surface area contributed by atoms with Crippen LogP contribution in [0.1, 0.15) is 17.2 Å². The predicted molar refractivity (Wildman–Crippen MR) is 105 cm³/mol. The summed E-state index contributed by atoms with van der Waals surface area (Å²) >= 11 is 0. The van der Waals surface area contributed by atoms with Crippen LogP contribution < -0.4 is 5.32 Å². The van der Waals surface area contributed by atoms with Crippen LogP contribution in [0.2, 0.25) is 0 Å². The van der Waals surface area contributed by atoms with Crippen molar-refractivity contribution in [3.63, 3.8) is 0 Å². The molecular formula is C23H22FN3. The standard InChI is InChI=1S/C23H22FN3/c24-19-5-3-4-18(12-19)16-7-9-17(10-8-16)23-21-13-25-14-22(23)27(21)15-20-6-1-2-11-26-20/h1-12,21-23,25H,13-15H2/t21-,22+,23?. The number of hydrogen-bond donors (Lipinski definition) is 1. The Balaban J connectivity index is 1.35. The fraction of sp³-hybridized carbons (Fsp3) is 0.261. The summed E-state index contributed by atoms with van der Waals surface area (Å²) in [5, 5.41) is 3.54. The van der Waals surface area contributed by atoms with Crippen LogP contribution in [0.4, 0.5) is 4.39 Å². The van der Waals surface area contributed by atoms with Crippen molar-refractivity contribution in [1.29, 1.82) is 0 Å². The summed E-state index contributed by atoms with van der Waals surface area (Å²) in [4.78, 5) is 7.06. The van der Waals surface area contributed by atoms with E-state index in [-0.39, 0.29) is 5.82 Å². The molecular weight excluding hydrogens is 337 g/mol. The number of nitrogens with one attached hydrogen (secondary N) is 1. The lowest BCUT2D eigenvalue weighted by Gasteiger charge is -2.59. The average Bonchev–Trinajstić information content (AvgIpc) is 2.73. The van der Waals surface area contributed by atoms with Gasteiger partial charge in [-0.2, -0.15) is 0 Å². The number of piperidine rings is 1. The second-order valence-corrected chi connectivity index (χ2v) is 7.44. The van der Waals surface area contributed by atoms with Crippen molar-refractivity contribution in [3.05, 3.63) is 90.0 Å². The number of benzene rings is 2. The molecule has 2 fully saturated rings. The van der Waals surface area contributed by atoms with Crippen molar-refractivity contribution in [2.45, 2.75) is 24.5 Å². The van der Waals surface area contributed by atoms with E-state index in [9.17, 15) is 4.39 Å². The zero-order chi connectivity index (χ0) is 18.2. The molecule has 2 bridgehead atoms. The Hall–Kier alpha value is -2.56. The van der Waals surface area contributed by atoms with E-state index in [4.69, 9.17) is 0 Å². The molecule has 2 aliphatic rings. The van der Waals surface area contributed by atoms with Gasteiger partial charge in [0.25, 0.3) is 0 Å². The van der Waals surface area contributed by atoms with Gasteiger partial charge in [0, 0.05) is 43.8 Å². The Kier molecular flexibility index (Phi) is 4.23. The highest BCUT2D eigenvalue weighted by Gasteiger charge is 2.51. The minimum absolute atomic E-state index is 0.193. The molecule has 3 aromatic rings. The highest BCUT2D eigenvalue weighted by atomic mass is 19.1. The van der Waals surface area contributed by atoms with Crippen LogP contribution in [-0.4, -0.2) is 35.1 Å². The molecule has 0 aliphatic carbocycles. The third-order valence-corrected chi connectivity index (χ3v) is 5.91. The fourth-order valence-electron chi connectivity index (χ4n) is 4.60. The van der Waals surface area contributed by atoms with Gasteiger partial charge < -0.3 is 5.32 Å². The number of fused-ring (bicyclic) bond motifs is 2. The lowest BCUT2D eigenvalue weighted by atomic mass is 9.72. The van der Waals surface area contributed by atoms with Crippen LogP contribution in [0.3, 0.4) is 0 Å². The van der Waals surface area contributed by atoms with Gasteiger partial charge in [0.1, 0.15) is 5.82 Å². The first-order chi connectivity index (χ1) is 13.3. The zero-order valence-electron chi connectivity index (χ0n) is 15.1. The second-order valence-electron chi connectivity index (χ2n) is 7.44. The van der Waals surface area contributed by atoms with Crippen LogP contribution in [0.5, 0.6) is 0 Å². The molecule has 2 aromatic carbocycles. The predicted octanol–water partition coefficient (Wildman–Crippen LogP) is 3.83. The second kappa shape index (κ2) is 6.87. The van der Waals surface area contributed by atoms with Crippen molar-refractivity contribution in [3.8, 4) is 11.1 Å². The van der Waals surface area contributed by atoms with Gasteiger partial charge in [-0.3, -0.25) is 9.88 Å². The van der Waals surface area contributed by atoms with E-state index in [1.807, 2.05) is 18.3 Å². The molecule has 0 saturated carbocycles. The first kappa shape index (κ1) is 16.6. The number of likely N-dealkylation sites (tertiary alicyclic amines) is 1. The minimum atomic E-state index is -0.193. The molecule has 0 radical (unpaired) electrons. The molecule has 136 valence electrons. The normalized spacial score (nSPS) is 24.4. The number of pyridine rings is 1. The quantitative estimate of drug-likeness (QED) is 0.767. The van der Waals surface area contributed by atoms with Crippen LogP contribution in [0.15, 0.2) is 72.9 Å². The molecule has 1 N–H and O–H groups in total. The maximum absolute atomic E-state index is 13.5. The van der Waals surface area contributed by atoms with Crippen LogP contribution >= 0.6 is 0 Å². The first-order valence-electron chi connectivity index (χ1n) is 9.52. The van der Waals surface area contributed by atoms with E-state index in [2.05, 4.69) is 51.6 Å². The Morgan fingerprint density at radius 2 is 1.74 bits per heavy atom. The molecule has 0 spiro atoms. The average molecular weight is 359 g/mol. The van der Waals surface area contributed by atoms with Gasteiger partial charge in [0.05, 0.1) is 5.69 Å². The maximum atomic E-state index is 13.5. The summed E-state index contributed by atoms with van der Waals surface area (Å²) in [5.74, 6) is 0.359. The molecule has 1 aromatic heterocycles. The van der Waals surface area contributed by atoms with Gasteiger partial charge in [0.2, 0.25) is 0 Å². The Labute approximate surface area is 158 Å². The Bertz CT molecular complexity index is 914. The van der Waals surface area contributed by atoms with Gasteiger partial charge in [-0.15, -0.1) is 0 Å². The first-order valence-corrected chi connectivity index (χ1v) is 9.52. The molecule has 4 heteroatoms. The molecule has 0 amide bonds. The molecule has 3 heterocycles. The number of nitrogens with zero attached hydrogens (tertiary/aromatic N) is 2. The van der Waals surface area contributed by atoms with E-state index in [0.717, 1.165) is 36.5 Å². The summed E-state index contributed by atoms with van der Waals surface area (Å²) in [6, 6.07) is 22.6. The number of rotatable bonds is 4. The number of halogens is 1. The van der Waals surface area contributed by atoms with Gasteiger partial charge in [-0.05, 0) is 41.0 Å². The van der Waals surface area contributed by atoms with Gasteiger partial charge in [0.15, 0.2) is 0 Å². The van der Waals surface area contributed by atoms with E-state index < -0.39 is 0 Å². The molecule has 5 rings (SSSR count). The third-order valence-electron chi connectivity index (χ3n) is 5.91. The summed E-state index contributed by atoms with van der Waals surface area (Å²) in [5.41, 5.74) is 4.50. The highest BCUT2D eigenvalue weighted by molar-refractivity contribution is 5.63. The monoisotopic (exact) mass is 359 g/mol. The zero-order valence-corrected chi connectivity index (χ0v) is 15.1. The van der Waals surface area contributed by atoms with Crippen molar-refractivity contribution in [2.24, 2.45) is 0 Å². The molecule has 2 aliphatic heterocycles. The lowest BCUT2D eigenvalue weighted by Crippen LogP contribution is -2.72. The summed E-state index contributed by atoms with van der Waals surface area (Å²) in [6.07, 6.45) is 1.87. The van der Waals surface area contributed by atoms with E-state index in [1.54, 1.807) is 12.1 Å². The van der Waals surface area contributed by atoms with Crippen LogP contribution in [0.25, 0.3) is 11.1 Å². The van der Waals surface area contributed by atoms with Crippen LogP contribution in [-0.2, 0) is 6.54 Å². The summed E-state index contributed by atoms with van der Waals surface area (Å²) in [7, 11) is 0. The number of aromatic nitrogens is 1. The fourth-order valence-corrected chi connectivity index (χ4v) is 4.60. The van der Waals surface area contributed by atoms with Crippen molar-refractivity contribution < 1.29 is 4.39 Å². The minimum Gasteiger partial charge on any atom is -0.314 e. The van der Waals surface area contributed by atoms with Crippen molar-refractivity contribution in [1.82, 2.24) is 15.2 Å². The number of piperazine rings is 1.